The molecule has 0 aliphatic rings. The number of nitrogens with one attached hydrogen (secondary N) is 1. The first-order chi connectivity index (χ1) is 9.65. The molecule has 2 rings (SSSR count). The van der Waals surface area contributed by atoms with Gasteiger partial charge in [-0.05, 0) is 59.6 Å². The Morgan fingerprint density at radius 2 is 2.25 bits per heavy atom. The topological polar surface area (TPSA) is 34.4 Å². The van der Waals surface area contributed by atoms with Crippen LogP contribution < -0.4 is 5.32 Å². The Balaban J connectivity index is 2.25. The van der Waals surface area contributed by atoms with Crippen molar-refractivity contribution in [3.05, 3.63) is 43.9 Å². The van der Waals surface area contributed by atoms with Crippen LogP contribution in [0.15, 0.2) is 26.4 Å². The lowest BCUT2D eigenvalue weighted by atomic mass is 10.1. The molecule has 1 atom stereocenters. The van der Waals surface area contributed by atoms with Crippen molar-refractivity contribution in [2.45, 2.75) is 32.9 Å². The van der Waals surface area contributed by atoms with E-state index < -0.39 is 0 Å². The summed E-state index contributed by atoms with van der Waals surface area (Å²) in [7, 11) is 1.68. The minimum absolute atomic E-state index is 0.107. The van der Waals surface area contributed by atoms with Crippen molar-refractivity contribution in [3.63, 3.8) is 0 Å². The van der Waals surface area contributed by atoms with Crippen molar-refractivity contribution in [1.29, 1.82) is 0 Å². The molecular formula is C15H20BrNO2S. The molecule has 0 aliphatic heterocycles. The number of ether oxygens (including phenoxy) is 1. The molecule has 0 aliphatic carbocycles. The first-order valence-corrected chi connectivity index (χ1v) is 8.33. The molecule has 3 nitrogen and oxygen atoms in total. The van der Waals surface area contributed by atoms with E-state index in [0.29, 0.717) is 6.61 Å². The third-order valence-corrected chi connectivity index (χ3v) is 5.21. The van der Waals surface area contributed by atoms with Crippen LogP contribution in [0.3, 0.4) is 0 Å². The highest BCUT2D eigenvalue weighted by atomic mass is 79.9. The van der Waals surface area contributed by atoms with Crippen LogP contribution in [0.25, 0.3) is 0 Å². The molecule has 20 heavy (non-hydrogen) atoms. The monoisotopic (exact) mass is 357 g/mol. The zero-order chi connectivity index (χ0) is 14.5. The van der Waals surface area contributed by atoms with E-state index in [2.05, 4.69) is 41.2 Å². The molecule has 1 N–H and O–H groups in total. The molecule has 0 saturated heterocycles. The summed E-state index contributed by atoms with van der Waals surface area (Å²) in [6, 6.07) is 6.33. The Labute approximate surface area is 132 Å². The number of hydrogen-bond acceptors (Lipinski definition) is 4. The molecule has 0 fully saturated rings. The Hall–Kier alpha value is -0.620. The largest absolute Gasteiger partial charge is 0.462 e. The van der Waals surface area contributed by atoms with Gasteiger partial charge in [-0.1, -0.05) is 6.92 Å². The lowest BCUT2D eigenvalue weighted by Gasteiger charge is -2.14. The maximum Gasteiger partial charge on any atom is 0.129 e. The average Bonchev–Trinajstić information content (AvgIpc) is 2.99. The lowest BCUT2D eigenvalue weighted by molar-refractivity contribution is 0.162. The van der Waals surface area contributed by atoms with Gasteiger partial charge in [-0.25, -0.2) is 0 Å². The van der Waals surface area contributed by atoms with Crippen molar-refractivity contribution in [3.8, 4) is 0 Å². The fraction of sp³-hybridized carbons (Fsp3) is 0.467. The summed E-state index contributed by atoms with van der Waals surface area (Å²) in [6.07, 6.45) is 1.09. The molecule has 110 valence electrons. The zero-order valence-electron chi connectivity index (χ0n) is 12.0. The number of methoxy groups -OCH3 is 1. The molecule has 0 aromatic carbocycles. The highest BCUT2D eigenvalue weighted by molar-refractivity contribution is 9.11. The Bertz CT molecular complexity index is 530. The molecule has 0 saturated carbocycles. The SMILES string of the molecule is CCCNC(c1ccc(COC)o1)c1cc(C)c(Br)s1. The quantitative estimate of drug-likeness (QED) is 0.783. The van der Waals surface area contributed by atoms with Gasteiger partial charge in [-0.15, -0.1) is 11.3 Å². The molecule has 0 amide bonds. The van der Waals surface area contributed by atoms with Crippen molar-refractivity contribution >= 4 is 27.3 Å². The summed E-state index contributed by atoms with van der Waals surface area (Å²) in [5, 5.41) is 3.55. The summed E-state index contributed by atoms with van der Waals surface area (Å²) in [6.45, 7) is 5.74. The molecule has 2 heterocycles. The molecule has 5 heteroatoms. The molecular weight excluding hydrogens is 338 g/mol. The molecule has 0 bridgehead atoms. The third-order valence-electron chi connectivity index (χ3n) is 3.01. The van der Waals surface area contributed by atoms with E-state index in [1.165, 1.54) is 14.2 Å². The number of hydrogen-bond donors (Lipinski definition) is 1. The Morgan fingerprint density at radius 3 is 2.85 bits per heavy atom. The number of furan rings is 1. The van der Waals surface area contributed by atoms with E-state index in [1.54, 1.807) is 18.4 Å². The van der Waals surface area contributed by atoms with Crippen LogP contribution in [0.5, 0.6) is 0 Å². The van der Waals surface area contributed by atoms with Crippen LogP contribution in [-0.2, 0) is 11.3 Å². The van der Waals surface area contributed by atoms with Crippen LogP contribution in [-0.4, -0.2) is 13.7 Å². The molecule has 2 aromatic rings. The van der Waals surface area contributed by atoms with Crippen LogP contribution in [0.4, 0.5) is 0 Å². The lowest BCUT2D eigenvalue weighted by Crippen LogP contribution is -2.21. The van der Waals surface area contributed by atoms with Crippen molar-refractivity contribution < 1.29 is 9.15 Å². The smallest absolute Gasteiger partial charge is 0.129 e. The normalized spacial score (nSPS) is 12.8. The maximum absolute atomic E-state index is 5.89. The van der Waals surface area contributed by atoms with E-state index >= 15 is 0 Å². The summed E-state index contributed by atoms with van der Waals surface area (Å²) >= 11 is 5.35. The summed E-state index contributed by atoms with van der Waals surface area (Å²) < 4.78 is 12.2. The van der Waals surface area contributed by atoms with Crippen molar-refractivity contribution in [2.75, 3.05) is 13.7 Å². The van der Waals surface area contributed by atoms with Crippen LogP contribution >= 0.6 is 27.3 Å². The fourth-order valence-electron chi connectivity index (χ4n) is 2.03. The van der Waals surface area contributed by atoms with E-state index in [4.69, 9.17) is 9.15 Å². The average molecular weight is 358 g/mol. The van der Waals surface area contributed by atoms with Gasteiger partial charge in [0.1, 0.15) is 24.2 Å². The number of aryl methyl sites for hydroxylation is 1. The minimum atomic E-state index is 0.107. The van der Waals surface area contributed by atoms with Gasteiger partial charge < -0.3 is 14.5 Å². The predicted molar refractivity (Wildman–Crippen MR) is 86.3 cm³/mol. The standard InChI is InChI=1S/C15H20BrNO2S/c1-4-7-17-14(13-8-10(2)15(16)20-13)12-6-5-11(19-12)9-18-3/h5-6,8,14,17H,4,7,9H2,1-3H3. The van der Waals surface area contributed by atoms with Crippen LogP contribution in [0.2, 0.25) is 0 Å². The zero-order valence-corrected chi connectivity index (χ0v) is 14.4. The van der Waals surface area contributed by atoms with Crippen LogP contribution in [0.1, 0.15) is 41.3 Å². The summed E-state index contributed by atoms with van der Waals surface area (Å²) in [5.74, 6) is 1.80. The first kappa shape index (κ1) is 15.8. The van der Waals surface area contributed by atoms with Crippen molar-refractivity contribution in [1.82, 2.24) is 5.32 Å². The van der Waals surface area contributed by atoms with E-state index in [-0.39, 0.29) is 6.04 Å². The van der Waals surface area contributed by atoms with Gasteiger partial charge >= 0.3 is 0 Å². The third kappa shape index (κ3) is 3.73. The fourth-order valence-corrected chi connectivity index (χ4v) is 3.68. The molecule has 2 aromatic heterocycles. The number of halogens is 1. The number of rotatable bonds is 7. The van der Waals surface area contributed by atoms with E-state index in [0.717, 1.165) is 24.5 Å². The van der Waals surface area contributed by atoms with Gasteiger partial charge in [-0.2, -0.15) is 0 Å². The van der Waals surface area contributed by atoms with Gasteiger partial charge in [0, 0.05) is 12.0 Å². The minimum Gasteiger partial charge on any atom is -0.462 e. The van der Waals surface area contributed by atoms with E-state index in [9.17, 15) is 0 Å². The predicted octanol–water partition coefficient (Wildman–Crippen LogP) is 4.65. The highest BCUT2D eigenvalue weighted by Gasteiger charge is 2.20. The van der Waals surface area contributed by atoms with E-state index in [1.807, 2.05) is 12.1 Å². The Morgan fingerprint density at radius 1 is 1.45 bits per heavy atom. The van der Waals surface area contributed by atoms with Gasteiger partial charge in [0.05, 0.1) is 3.79 Å². The Kier molecular flexibility index (Phi) is 5.84. The highest BCUT2D eigenvalue weighted by Crippen LogP contribution is 2.35. The summed E-state index contributed by atoms with van der Waals surface area (Å²) in [4.78, 5) is 1.26. The second kappa shape index (κ2) is 7.41. The maximum atomic E-state index is 5.89. The van der Waals surface area contributed by atoms with Crippen molar-refractivity contribution in [2.24, 2.45) is 0 Å². The van der Waals surface area contributed by atoms with Gasteiger partial charge in [-0.3, -0.25) is 0 Å². The van der Waals surface area contributed by atoms with Gasteiger partial charge in [0.2, 0.25) is 0 Å². The second-order valence-electron chi connectivity index (χ2n) is 4.73. The first-order valence-electron chi connectivity index (χ1n) is 6.72. The number of thiophene rings is 1. The molecule has 0 radical (unpaired) electrons. The van der Waals surface area contributed by atoms with Gasteiger partial charge in [0.15, 0.2) is 0 Å². The summed E-state index contributed by atoms with van der Waals surface area (Å²) in [5.41, 5.74) is 1.26. The molecule has 0 spiro atoms. The van der Waals surface area contributed by atoms with Crippen LogP contribution in [0, 0.1) is 6.92 Å². The molecule has 1 unspecified atom stereocenters. The second-order valence-corrected chi connectivity index (χ2v) is 7.13. The van der Waals surface area contributed by atoms with Gasteiger partial charge in [0.25, 0.3) is 0 Å².